The number of fused-ring (bicyclic) bond motifs is 1. The van der Waals surface area contributed by atoms with Crippen molar-refractivity contribution < 1.29 is 37.7 Å². The van der Waals surface area contributed by atoms with Gasteiger partial charge < -0.3 is 14.9 Å². The highest BCUT2D eigenvalue weighted by atomic mass is 32.1. The van der Waals surface area contributed by atoms with Crippen LogP contribution in [0.3, 0.4) is 0 Å². The molecule has 3 rings (SSSR count). The highest BCUT2D eigenvalue weighted by molar-refractivity contribution is 7.09. The first kappa shape index (κ1) is 30.8. The molecule has 0 spiro atoms. The summed E-state index contributed by atoms with van der Waals surface area (Å²) in [5.41, 5.74) is -1.99. The number of cyclic esters (lactones) is 1. The first-order valence-corrected chi connectivity index (χ1v) is 14.1. The number of esters is 1. The Hall–Kier alpha value is -1.78. The van der Waals surface area contributed by atoms with Crippen LogP contribution >= 0.6 is 11.3 Å². The Labute approximate surface area is 226 Å². The lowest BCUT2D eigenvalue weighted by Crippen LogP contribution is -2.45. The SMILES string of the molecule is CC(=Cc1csc(C)n1)[C@@H]1CC2CC2(C(F)(F)F)CCC[C@H](C)[C@H](O)[C@@H](C)C(=O)C(C)(C)[C@@H](O)CC(=O)O1. The first-order chi connectivity index (χ1) is 17.5. The molecule has 2 heterocycles. The fourth-order valence-corrected chi connectivity index (χ4v) is 6.34. The average molecular weight is 560 g/mol. The number of carbonyl (C=O) groups excluding carboxylic acids is 2. The highest BCUT2D eigenvalue weighted by Crippen LogP contribution is 2.67. The van der Waals surface area contributed by atoms with E-state index in [0.717, 1.165) is 5.01 Å². The molecule has 38 heavy (non-hydrogen) atoms. The van der Waals surface area contributed by atoms with Crippen LogP contribution in [0.25, 0.3) is 6.08 Å². The van der Waals surface area contributed by atoms with Crippen LogP contribution < -0.4 is 0 Å². The quantitative estimate of drug-likeness (QED) is 0.439. The van der Waals surface area contributed by atoms with Crippen LogP contribution in [-0.2, 0) is 14.3 Å². The maximum atomic E-state index is 14.3. The van der Waals surface area contributed by atoms with E-state index in [9.17, 15) is 33.0 Å². The van der Waals surface area contributed by atoms with Crippen molar-refractivity contribution in [2.24, 2.45) is 28.6 Å². The zero-order valence-electron chi connectivity index (χ0n) is 23.0. The molecule has 1 aliphatic carbocycles. The van der Waals surface area contributed by atoms with Gasteiger partial charge in [0.2, 0.25) is 0 Å². The summed E-state index contributed by atoms with van der Waals surface area (Å²) in [6, 6.07) is 0. The number of Topliss-reactive ketones (excluding diaryl/α,β-unsaturated/α-hetero) is 1. The number of hydrogen-bond donors (Lipinski definition) is 2. The Morgan fingerprint density at radius 3 is 2.47 bits per heavy atom. The second kappa shape index (κ2) is 11.4. The summed E-state index contributed by atoms with van der Waals surface area (Å²) in [5, 5.41) is 24.3. The summed E-state index contributed by atoms with van der Waals surface area (Å²) < 4.78 is 48.5. The molecule has 1 aliphatic heterocycles. The molecular weight excluding hydrogens is 519 g/mol. The molecule has 0 aromatic carbocycles. The lowest BCUT2D eigenvalue weighted by Gasteiger charge is -2.34. The number of aliphatic hydroxyl groups is 2. The van der Waals surface area contributed by atoms with Gasteiger partial charge in [0.05, 0.1) is 40.2 Å². The largest absolute Gasteiger partial charge is 0.458 e. The minimum atomic E-state index is -4.41. The Bertz CT molecular complexity index is 1050. The molecule has 2 unspecified atom stereocenters. The lowest BCUT2D eigenvalue weighted by molar-refractivity contribution is -0.195. The molecule has 1 saturated carbocycles. The van der Waals surface area contributed by atoms with E-state index in [1.807, 2.05) is 12.3 Å². The molecular formula is C28H40F3NO5S. The maximum Gasteiger partial charge on any atom is 0.394 e. The van der Waals surface area contributed by atoms with E-state index in [1.165, 1.54) is 25.2 Å². The molecule has 2 N–H and O–H groups in total. The molecule has 0 amide bonds. The number of nitrogens with zero attached hydrogens (tertiary/aromatic N) is 1. The van der Waals surface area contributed by atoms with Gasteiger partial charge in [-0.25, -0.2) is 4.98 Å². The van der Waals surface area contributed by atoms with Crippen molar-refractivity contribution >= 4 is 29.2 Å². The summed E-state index contributed by atoms with van der Waals surface area (Å²) in [6.07, 6.45) is -6.11. The average Bonchev–Trinajstić information content (AvgIpc) is 3.38. The summed E-state index contributed by atoms with van der Waals surface area (Å²) in [5.74, 6) is -3.18. The Kier molecular flexibility index (Phi) is 9.21. The Morgan fingerprint density at radius 2 is 1.89 bits per heavy atom. The maximum absolute atomic E-state index is 14.3. The van der Waals surface area contributed by atoms with E-state index in [1.54, 1.807) is 26.8 Å². The smallest absolute Gasteiger partial charge is 0.394 e. The Morgan fingerprint density at radius 1 is 1.24 bits per heavy atom. The molecule has 2 fully saturated rings. The predicted octanol–water partition coefficient (Wildman–Crippen LogP) is 5.89. The molecule has 214 valence electrons. The number of thiazole rings is 1. The molecule has 0 radical (unpaired) electrons. The number of rotatable bonds is 2. The lowest BCUT2D eigenvalue weighted by atomic mass is 9.73. The Balaban J connectivity index is 1.94. The number of aromatic nitrogens is 1. The van der Waals surface area contributed by atoms with E-state index in [-0.39, 0.29) is 25.7 Å². The number of carbonyl (C=O) groups is 2. The van der Waals surface area contributed by atoms with Crippen molar-refractivity contribution in [3.8, 4) is 0 Å². The molecule has 7 atom stereocenters. The summed E-state index contributed by atoms with van der Waals surface area (Å²) >= 11 is 1.44. The van der Waals surface area contributed by atoms with Gasteiger partial charge in [-0.15, -0.1) is 11.3 Å². The van der Waals surface area contributed by atoms with E-state index in [0.29, 0.717) is 17.7 Å². The number of alkyl halides is 3. The van der Waals surface area contributed by atoms with Crippen LogP contribution in [0.5, 0.6) is 0 Å². The van der Waals surface area contributed by atoms with Gasteiger partial charge in [-0.2, -0.15) is 13.2 Å². The van der Waals surface area contributed by atoms with E-state index < -0.39 is 71.2 Å². The third-order valence-electron chi connectivity index (χ3n) is 8.71. The van der Waals surface area contributed by atoms with Gasteiger partial charge in [0, 0.05) is 11.3 Å². The standard InChI is InChI=1S/C28H40F3NO5S/c1-15-8-7-9-27(28(29,30)31)13-19(27)11-21(16(2)10-20-14-38-18(4)32-20)37-23(34)12-22(33)26(5,6)25(36)17(3)24(15)35/h10,14-15,17,19,21-22,24,33,35H,7-9,11-13H2,1-6H3/t15-,17+,19?,21-,22-,24-,27?/m0/s1. The fourth-order valence-electron chi connectivity index (χ4n) is 5.77. The number of aliphatic hydroxyl groups excluding tert-OH is 2. The summed E-state index contributed by atoms with van der Waals surface area (Å²) in [4.78, 5) is 30.5. The van der Waals surface area contributed by atoms with E-state index >= 15 is 0 Å². The van der Waals surface area contributed by atoms with Gasteiger partial charge in [0.1, 0.15) is 11.9 Å². The van der Waals surface area contributed by atoms with E-state index in [2.05, 4.69) is 4.98 Å². The third kappa shape index (κ3) is 6.50. The zero-order chi connectivity index (χ0) is 28.6. The third-order valence-corrected chi connectivity index (χ3v) is 9.50. The van der Waals surface area contributed by atoms with Gasteiger partial charge >= 0.3 is 12.1 Å². The zero-order valence-corrected chi connectivity index (χ0v) is 23.8. The van der Waals surface area contributed by atoms with Crippen molar-refractivity contribution in [2.75, 3.05) is 0 Å². The number of aryl methyl sites for hydroxylation is 1. The number of ketones is 1. The number of ether oxygens (including phenoxy) is 1. The van der Waals surface area contributed by atoms with Crippen LogP contribution in [0, 0.1) is 35.5 Å². The van der Waals surface area contributed by atoms with Gasteiger partial charge in [-0.3, -0.25) is 9.59 Å². The summed E-state index contributed by atoms with van der Waals surface area (Å²) in [6.45, 7) is 9.89. The molecule has 6 nitrogen and oxygen atoms in total. The molecule has 1 aromatic rings. The van der Waals surface area contributed by atoms with Crippen molar-refractivity contribution in [1.82, 2.24) is 4.98 Å². The first-order valence-electron chi connectivity index (χ1n) is 13.3. The van der Waals surface area contributed by atoms with Gasteiger partial charge in [-0.1, -0.05) is 34.1 Å². The minimum Gasteiger partial charge on any atom is -0.458 e. The van der Waals surface area contributed by atoms with E-state index in [4.69, 9.17) is 4.74 Å². The van der Waals surface area contributed by atoms with Crippen molar-refractivity contribution in [3.63, 3.8) is 0 Å². The number of hydrogen-bond acceptors (Lipinski definition) is 7. The fraction of sp³-hybridized carbons (Fsp3) is 0.750. The molecule has 1 saturated heterocycles. The van der Waals surface area contributed by atoms with Crippen molar-refractivity contribution in [2.45, 2.75) is 105 Å². The summed E-state index contributed by atoms with van der Waals surface area (Å²) in [7, 11) is 0. The second-order valence-corrected chi connectivity index (χ2v) is 13.0. The molecule has 10 heteroatoms. The minimum absolute atomic E-state index is 0.00430. The van der Waals surface area contributed by atoms with Crippen LogP contribution in [0.2, 0.25) is 0 Å². The van der Waals surface area contributed by atoms with Crippen LogP contribution in [0.1, 0.15) is 83.8 Å². The molecule has 1 aromatic heterocycles. The molecule has 2 aliphatic rings. The van der Waals surface area contributed by atoms with Gasteiger partial charge in [0.25, 0.3) is 0 Å². The van der Waals surface area contributed by atoms with Crippen LogP contribution in [0.4, 0.5) is 13.2 Å². The predicted molar refractivity (Wildman–Crippen MR) is 139 cm³/mol. The van der Waals surface area contributed by atoms with Crippen LogP contribution in [0.15, 0.2) is 11.0 Å². The number of halogens is 3. The van der Waals surface area contributed by atoms with Crippen molar-refractivity contribution in [1.29, 1.82) is 0 Å². The monoisotopic (exact) mass is 559 g/mol. The van der Waals surface area contributed by atoms with Crippen molar-refractivity contribution in [3.05, 3.63) is 21.7 Å². The second-order valence-electron chi connectivity index (χ2n) is 11.9. The van der Waals surface area contributed by atoms with Gasteiger partial charge in [-0.05, 0) is 63.0 Å². The highest BCUT2D eigenvalue weighted by Gasteiger charge is 2.69. The molecule has 0 bridgehead atoms. The topological polar surface area (TPSA) is 96.7 Å². The normalized spacial score (nSPS) is 35.9. The van der Waals surface area contributed by atoms with Gasteiger partial charge in [0.15, 0.2) is 0 Å². The van der Waals surface area contributed by atoms with Crippen LogP contribution in [-0.4, -0.2) is 51.4 Å².